The van der Waals surface area contributed by atoms with Crippen LogP contribution in [0, 0.1) is 0 Å². The second-order valence-electron chi connectivity index (χ2n) is 7.07. The van der Waals surface area contributed by atoms with Crippen LogP contribution in [0.4, 0.5) is 0 Å². The van der Waals surface area contributed by atoms with Gasteiger partial charge in [0.2, 0.25) is 0 Å². The molecule has 2 aliphatic rings. The van der Waals surface area contributed by atoms with Gasteiger partial charge < -0.3 is 13.7 Å². The van der Waals surface area contributed by atoms with Crippen molar-refractivity contribution in [3.8, 4) is 0 Å². The molecule has 130 valence electrons. The molecule has 0 aromatic carbocycles. The molecule has 1 aliphatic carbocycles. The Hall–Kier alpha value is -2.25. The van der Waals surface area contributed by atoms with Crippen molar-refractivity contribution < 1.29 is 9.26 Å². The largest absolute Gasteiger partial charge is 0.363 e. The maximum absolute atomic E-state index is 6.07. The van der Waals surface area contributed by atoms with Gasteiger partial charge in [-0.3, -0.25) is 4.90 Å². The molecular weight excluding hydrogens is 318 g/mol. The Kier molecular flexibility index (Phi) is 3.57. The number of morpholine rings is 1. The van der Waals surface area contributed by atoms with Crippen LogP contribution in [0.5, 0.6) is 0 Å². The maximum atomic E-state index is 6.07. The van der Waals surface area contributed by atoms with Crippen molar-refractivity contribution in [2.75, 3.05) is 13.1 Å². The molecular formula is C18H21N5O2. The van der Waals surface area contributed by atoms with Gasteiger partial charge in [-0.2, -0.15) is 4.98 Å². The highest BCUT2D eigenvalue weighted by Crippen LogP contribution is 2.39. The summed E-state index contributed by atoms with van der Waals surface area (Å²) in [5.41, 5.74) is 2.19. The number of imidazole rings is 1. The van der Waals surface area contributed by atoms with Gasteiger partial charge in [0.05, 0.1) is 6.10 Å². The van der Waals surface area contributed by atoms with E-state index in [-0.39, 0.29) is 12.2 Å². The Morgan fingerprint density at radius 1 is 1.24 bits per heavy atom. The molecule has 0 unspecified atom stereocenters. The quantitative estimate of drug-likeness (QED) is 0.728. The van der Waals surface area contributed by atoms with E-state index in [1.165, 1.54) is 18.5 Å². The lowest BCUT2D eigenvalue weighted by Crippen LogP contribution is -2.42. The first kappa shape index (κ1) is 15.0. The molecule has 2 atom stereocenters. The fourth-order valence-corrected chi connectivity index (χ4v) is 3.55. The molecule has 0 spiro atoms. The summed E-state index contributed by atoms with van der Waals surface area (Å²) in [5.74, 6) is 1.94. The number of hydrogen-bond donors (Lipinski definition) is 0. The van der Waals surface area contributed by atoms with E-state index in [1.807, 2.05) is 18.5 Å². The predicted octanol–water partition coefficient (Wildman–Crippen LogP) is 2.56. The van der Waals surface area contributed by atoms with Crippen LogP contribution in [0.2, 0.25) is 0 Å². The first-order valence-electron chi connectivity index (χ1n) is 8.88. The third-order valence-electron chi connectivity index (χ3n) is 4.91. The Morgan fingerprint density at radius 2 is 2.16 bits per heavy atom. The summed E-state index contributed by atoms with van der Waals surface area (Å²) in [6.45, 7) is 4.56. The number of nitrogens with zero attached hydrogens (tertiary/aromatic N) is 5. The fourth-order valence-electron chi connectivity index (χ4n) is 3.55. The SMILES string of the molecule is C[C@@H]1CN(Cc2cccc3nccn23)C[C@H](c2nc(C3CC3)no2)O1. The first-order valence-corrected chi connectivity index (χ1v) is 8.88. The summed E-state index contributed by atoms with van der Waals surface area (Å²) in [5, 5.41) is 4.12. The van der Waals surface area contributed by atoms with E-state index in [9.17, 15) is 0 Å². The van der Waals surface area contributed by atoms with Gasteiger partial charge in [-0.05, 0) is 31.9 Å². The molecule has 3 aromatic heterocycles. The van der Waals surface area contributed by atoms with Crippen molar-refractivity contribution in [2.24, 2.45) is 0 Å². The number of ether oxygens (including phenoxy) is 1. The van der Waals surface area contributed by atoms with Gasteiger partial charge in [0.25, 0.3) is 5.89 Å². The molecule has 0 amide bonds. The zero-order chi connectivity index (χ0) is 16.8. The number of hydrogen-bond acceptors (Lipinski definition) is 6. The molecule has 2 fully saturated rings. The average Bonchev–Trinajstić information content (AvgIpc) is 3.14. The van der Waals surface area contributed by atoms with Gasteiger partial charge in [0.1, 0.15) is 11.8 Å². The smallest absolute Gasteiger partial charge is 0.257 e. The van der Waals surface area contributed by atoms with Crippen LogP contribution in [-0.4, -0.2) is 43.6 Å². The summed E-state index contributed by atoms with van der Waals surface area (Å²) < 4.78 is 13.7. The molecule has 7 heteroatoms. The molecule has 1 saturated heterocycles. The van der Waals surface area contributed by atoms with Crippen LogP contribution in [-0.2, 0) is 11.3 Å². The van der Waals surface area contributed by atoms with E-state index in [0.717, 1.165) is 31.1 Å². The summed E-state index contributed by atoms with van der Waals surface area (Å²) in [7, 11) is 0. The molecule has 1 aliphatic heterocycles. The molecule has 7 nitrogen and oxygen atoms in total. The van der Waals surface area contributed by atoms with E-state index < -0.39 is 0 Å². The molecule has 25 heavy (non-hydrogen) atoms. The van der Waals surface area contributed by atoms with Crippen molar-refractivity contribution in [1.82, 2.24) is 24.4 Å². The monoisotopic (exact) mass is 339 g/mol. The van der Waals surface area contributed by atoms with Gasteiger partial charge in [-0.1, -0.05) is 11.2 Å². The highest BCUT2D eigenvalue weighted by atomic mass is 16.5. The van der Waals surface area contributed by atoms with Gasteiger partial charge in [0, 0.05) is 43.6 Å². The van der Waals surface area contributed by atoms with E-state index >= 15 is 0 Å². The third-order valence-corrected chi connectivity index (χ3v) is 4.91. The molecule has 0 bridgehead atoms. The summed E-state index contributed by atoms with van der Waals surface area (Å²) in [6.07, 6.45) is 6.14. The molecule has 1 saturated carbocycles. The van der Waals surface area contributed by atoms with Gasteiger partial charge in [0.15, 0.2) is 5.82 Å². The Balaban J connectivity index is 1.35. The van der Waals surface area contributed by atoms with Crippen molar-refractivity contribution in [3.63, 3.8) is 0 Å². The van der Waals surface area contributed by atoms with Gasteiger partial charge in [-0.15, -0.1) is 0 Å². The van der Waals surface area contributed by atoms with Crippen molar-refractivity contribution in [2.45, 2.75) is 44.4 Å². The van der Waals surface area contributed by atoms with Crippen LogP contribution in [0.1, 0.15) is 49.2 Å². The molecule has 3 aromatic rings. The second-order valence-corrected chi connectivity index (χ2v) is 7.07. The second kappa shape index (κ2) is 5.93. The van der Waals surface area contributed by atoms with E-state index in [1.54, 1.807) is 0 Å². The summed E-state index contributed by atoms with van der Waals surface area (Å²) in [4.78, 5) is 11.3. The first-order chi connectivity index (χ1) is 12.3. The highest BCUT2D eigenvalue weighted by molar-refractivity contribution is 5.39. The maximum Gasteiger partial charge on any atom is 0.257 e. The molecule has 0 N–H and O–H groups in total. The average molecular weight is 339 g/mol. The minimum atomic E-state index is -0.161. The van der Waals surface area contributed by atoms with Crippen molar-refractivity contribution in [3.05, 3.63) is 48.0 Å². The molecule has 0 radical (unpaired) electrons. The Bertz CT molecular complexity index is 884. The Labute approximate surface area is 145 Å². The standard InChI is InChI=1S/C18H21N5O2/c1-12-9-22(10-14-3-2-4-16-19-7-8-23(14)16)11-15(24-12)18-20-17(21-25-18)13-5-6-13/h2-4,7-8,12-13,15H,5-6,9-11H2,1H3/t12-,15-/m1/s1. The minimum absolute atomic E-state index is 0.122. The lowest BCUT2D eigenvalue weighted by molar-refractivity contribution is -0.0933. The lowest BCUT2D eigenvalue weighted by Gasteiger charge is -2.35. The minimum Gasteiger partial charge on any atom is -0.363 e. The topological polar surface area (TPSA) is 68.7 Å². The third kappa shape index (κ3) is 2.94. The molecule has 4 heterocycles. The predicted molar refractivity (Wildman–Crippen MR) is 90.0 cm³/mol. The molecule has 5 rings (SSSR count). The van der Waals surface area contributed by atoms with Crippen molar-refractivity contribution in [1.29, 1.82) is 0 Å². The fraction of sp³-hybridized carbons (Fsp3) is 0.500. The van der Waals surface area contributed by atoms with Crippen LogP contribution in [0.3, 0.4) is 0 Å². The number of aromatic nitrogens is 4. The van der Waals surface area contributed by atoms with Crippen LogP contribution >= 0.6 is 0 Å². The van der Waals surface area contributed by atoms with E-state index in [2.05, 4.69) is 43.5 Å². The van der Waals surface area contributed by atoms with Crippen LogP contribution in [0.15, 0.2) is 35.1 Å². The van der Waals surface area contributed by atoms with E-state index in [4.69, 9.17) is 9.26 Å². The van der Waals surface area contributed by atoms with Crippen molar-refractivity contribution >= 4 is 5.65 Å². The lowest BCUT2D eigenvalue weighted by atomic mass is 10.2. The van der Waals surface area contributed by atoms with E-state index in [0.29, 0.717) is 11.8 Å². The van der Waals surface area contributed by atoms with Gasteiger partial charge >= 0.3 is 0 Å². The summed E-state index contributed by atoms with van der Waals surface area (Å²) in [6, 6.07) is 6.22. The zero-order valence-corrected chi connectivity index (χ0v) is 14.2. The normalized spacial score (nSPS) is 24.8. The van der Waals surface area contributed by atoms with Crippen LogP contribution in [0.25, 0.3) is 5.65 Å². The highest BCUT2D eigenvalue weighted by Gasteiger charge is 2.34. The Morgan fingerprint density at radius 3 is 3.04 bits per heavy atom. The number of fused-ring (bicyclic) bond motifs is 1. The summed E-state index contributed by atoms with van der Waals surface area (Å²) >= 11 is 0. The number of rotatable bonds is 4. The van der Waals surface area contributed by atoms with Gasteiger partial charge in [-0.25, -0.2) is 4.98 Å². The zero-order valence-electron chi connectivity index (χ0n) is 14.2. The van der Waals surface area contributed by atoms with Crippen LogP contribution < -0.4 is 0 Å². The number of pyridine rings is 1.